The number of amides is 2. The molecule has 7 heteroatoms. The van der Waals surface area contributed by atoms with Gasteiger partial charge in [-0.3, -0.25) is 14.4 Å². The number of aliphatic hydroxyl groups excluding tert-OH is 1. The van der Waals surface area contributed by atoms with Crippen LogP contribution in [0.3, 0.4) is 0 Å². The number of pyridine rings is 1. The van der Waals surface area contributed by atoms with Crippen molar-refractivity contribution in [3.8, 4) is 0 Å². The summed E-state index contributed by atoms with van der Waals surface area (Å²) >= 11 is 0. The van der Waals surface area contributed by atoms with Crippen LogP contribution in [0.2, 0.25) is 0 Å². The lowest BCUT2D eigenvalue weighted by Crippen LogP contribution is -2.50. The van der Waals surface area contributed by atoms with E-state index in [1.54, 1.807) is 21.6 Å². The Bertz CT molecular complexity index is 902. The maximum absolute atomic E-state index is 13.2. The van der Waals surface area contributed by atoms with Crippen LogP contribution in [-0.2, 0) is 16.1 Å². The molecule has 7 nitrogen and oxygen atoms in total. The number of carbonyl (C=O) groups is 2. The highest BCUT2D eigenvalue weighted by atomic mass is 16.3. The third-order valence-electron chi connectivity index (χ3n) is 6.52. The molecular formula is C22H29N3O4. The summed E-state index contributed by atoms with van der Waals surface area (Å²) in [5.41, 5.74) is 1.28. The first-order valence-electron chi connectivity index (χ1n) is 10.6. The summed E-state index contributed by atoms with van der Waals surface area (Å²) in [6.07, 6.45) is 6.13. The van der Waals surface area contributed by atoms with Gasteiger partial charge in [0.05, 0.1) is 6.04 Å². The summed E-state index contributed by atoms with van der Waals surface area (Å²) in [6.45, 7) is 4.40. The molecule has 0 unspecified atom stereocenters. The number of carbonyl (C=O) groups excluding carboxylic acids is 2. The van der Waals surface area contributed by atoms with Gasteiger partial charge in [0, 0.05) is 49.2 Å². The molecule has 1 aromatic rings. The maximum atomic E-state index is 13.2. The first-order valence-corrected chi connectivity index (χ1v) is 10.6. The van der Waals surface area contributed by atoms with E-state index in [9.17, 15) is 19.5 Å². The summed E-state index contributed by atoms with van der Waals surface area (Å²) in [4.78, 5) is 40.7. The zero-order chi connectivity index (χ0) is 20.7. The van der Waals surface area contributed by atoms with E-state index in [1.165, 1.54) is 0 Å². The zero-order valence-electron chi connectivity index (χ0n) is 17.0. The van der Waals surface area contributed by atoms with E-state index in [1.807, 2.05) is 26.0 Å². The third kappa shape index (κ3) is 3.31. The van der Waals surface area contributed by atoms with Crippen molar-refractivity contribution in [1.82, 2.24) is 14.8 Å². The van der Waals surface area contributed by atoms with E-state index in [-0.39, 0.29) is 41.9 Å². The number of nitrogens with zero attached hydrogens (tertiary/aromatic N) is 2. The Morgan fingerprint density at radius 2 is 2.07 bits per heavy atom. The molecule has 3 heterocycles. The fraction of sp³-hybridized carbons (Fsp3) is 0.591. The molecule has 2 amide bonds. The zero-order valence-corrected chi connectivity index (χ0v) is 17.0. The van der Waals surface area contributed by atoms with Crippen molar-refractivity contribution in [1.29, 1.82) is 0 Å². The topological polar surface area (TPSA) is 91.6 Å². The lowest BCUT2D eigenvalue weighted by Gasteiger charge is -2.31. The summed E-state index contributed by atoms with van der Waals surface area (Å²) in [7, 11) is 0. The number of fused-ring (bicyclic) bond motifs is 3. The van der Waals surface area contributed by atoms with Crippen LogP contribution in [0.1, 0.15) is 50.4 Å². The molecule has 3 aliphatic rings. The van der Waals surface area contributed by atoms with Gasteiger partial charge in [0.1, 0.15) is 6.04 Å². The van der Waals surface area contributed by atoms with Crippen molar-refractivity contribution in [3.05, 3.63) is 39.8 Å². The Labute approximate surface area is 170 Å². The van der Waals surface area contributed by atoms with Gasteiger partial charge in [-0.15, -0.1) is 0 Å². The minimum atomic E-state index is -0.694. The first kappa shape index (κ1) is 19.9. The molecule has 156 valence electrons. The predicted octanol–water partition coefficient (Wildman–Crippen LogP) is 1.31. The summed E-state index contributed by atoms with van der Waals surface area (Å²) < 4.78 is 1.72. The van der Waals surface area contributed by atoms with Crippen molar-refractivity contribution in [2.45, 2.75) is 51.7 Å². The van der Waals surface area contributed by atoms with Crippen molar-refractivity contribution < 1.29 is 14.7 Å². The fourth-order valence-electron chi connectivity index (χ4n) is 5.04. The molecule has 29 heavy (non-hydrogen) atoms. The number of likely N-dealkylation sites (N-methyl/N-ethyl adjacent to an activating group) is 1. The summed E-state index contributed by atoms with van der Waals surface area (Å²) in [5, 5.41) is 13.0. The highest BCUT2D eigenvalue weighted by Gasteiger charge is 2.57. The van der Waals surface area contributed by atoms with Crippen LogP contribution in [0.5, 0.6) is 0 Å². The number of allylic oxidation sites excluding steroid dienone is 1. The Hall–Kier alpha value is -2.41. The van der Waals surface area contributed by atoms with E-state index in [4.69, 9.17) is 0 Å². The number of hydrogen-bond acceptors (Lipinski definition) is 4. The van der Waals surface area contributed by atoms with Gasteiger partial charge in [-0.05, 0) is 44.7 Å². The van der Waals surface area contributed by atoms with E-state index < -0.39 is 6.04 Å². The highest BCUT2D eigenvalue weighted by Crippen LogP contribution is 2.50. The van der Waals surface area contributed by atoms with Crippen molar-refractivity contribution in [2.75, 3.05) is 13.2 Å². The molecular weight excluding hydrogens is 370 g/mol. The fourth-order valence-corrected chi connectivity index (χ4v) is 5.04. The lowest BCUT2D eigenvalue weighted by molar-refractivity contribution is -0.142. The van der Waals surface area contributed by atoms with Gasteiger partial charge >= 0.3 is 0 Å². The summed E-state index contributed by atoms with van der Waals surface area (Å²) in [6, 6.07) is 2.64. The Kier molecular flexibility index (Phi) is 5.34. The second-order valence-corrected chi connectivity index (χ2v) is 8.37. The van der Waals surface area contributed by atoms with Crippen LogP contribution < -0.4 is 10.9 Å². The van der Waals surface area contributed by atoms with E-state index >= 15 is 0 Å². The quantitative estimate of drug-likeness (QED) is 0.755. The molecule has 0 aromatic carbocycles. The van der Waals surface area contributed by atoms with Crippen LogP contribution in [-0.4, -0.2) is 45.6 Å². The number of aliphatic hydroxyl groups is 1. The normalized spacial score (nSPS) is 27.9. The molecule has 1 aliphatic carbocycles. The second-order valence-electron chi connectivity index (χ2n) is 8.37. The smallest absolute Gasteiger partial charge is 0.258 e. The van der Waals surface area contributed by atoms with E-state index in [2.05, 4.69) is 5.32 Å². The van der Waals surface area contributed by atoms with Crippen molar-refractivity contribution in [2.24, 2.45) is 17.8 Å². The van der Waals surface area contributed by atoms with Gasteiger partial charge in [0.15, 0.2) is 0 Å². The Morgan fingerprint density at radius 3 is 2.69 bits per heavy atom. The second kappa shape index (κ2) is 7.78. The average Bonchev–Trinajstić information content (AvgIpc) is 3.33. The minimum Gasteiger partial charge on any atom is -0.396 e. The van der Waals surface area contributed by atoms with Gasteiger partial charge in [-0.1, -0.05) is 12.2 Å². The molecule has 1 aromatic heterocycles. The average molecular weight is 399 g/mol. The number of rotatable bonds is 6. The van der Waals surface area contributed by atoms with E-state index in [0.29, 0.717) is 31.0 Å². The number of aromatic nitrogens is 1. The number of hydrogen-bond donors (Lipinski definition) is 2. The molecule has 0 spiro atoms. The third-order valence-corrected chi connectivity index (χ3v) is 6.52. The molecule has 4 atom stereocenters. The predicted molar refractivity (Wildman–Crippen MR) is 109 cm³/mol. The molecule has 0 bridgehead atoms. The van der Waals surface area contributed by atoms with Gasteiger partial charge in [-0.2, -0.15) is 0 Å². The molecule has 2 aliphatic heterocycles. The van der Waals surface area contributed by atoms with Crippen LogP contribution in [0.15, 0.2) is 23.0 Å². The molecule has 2 fully saturated rings. The van der Waals surface area contributed by atoms with Crippen LogP contribution in [0, 0.1) is 17.8 Å². The first-order chi connectivity index (χ1) is 14.0. The molecule has 2 N–H and O–H groups in total. The van der Waals surface area contributed by atoms with Gasteiger partial charge in [0.2, 0.25) is 11.8 Å². The number of likely N-dealkylation sites (tertiary alicyclic amines) is 1. The highest BCUT2D eigenvalue weighted by molar-refractivity contribution is 5.89. The van der Waals surface area contributed by atoms with Gasteiger partial charge in [0.25, 0.3) is 5.56 Å². The van der Waals surface area contributed by atoms with Crippen molar-refractivity contribution in [3.63, 3.8) is 0 Å². The summed E-state index contributed by atoms with van der Waals surface area (Å²) in [5.74, 6) is -0.411. The standard InChI is InChI=1S/C22H29N3O4/c1-3-5-14-8-9-17-19-15(11-24(17)22(14)29)16(12-26)20(21(28)23-4-2)25(19)18(27)10-13-6-7-13/h3,5,8-9,13,15-16,19-20,26H,4,6-7,10-12H2,1-2H3,(H,23,28)/b5-3+/t15-,16-,19+,20-/m0/s1. The Balaban J connectivity index is 1.78. The SMILES string of the molecule is C/C=C/c1ccc2n(c1=O)C[C@H]1[C@H](CO)[C@@H](C(=O)NCC)N(C(=O)CC3CC3)[C@@H]21. The van der Waals surface area contributed by atoms with Gasteiger partial charge in [-0.25, -0.2) is 0 Å². The molecule has 1 saturated heterocycles. The van der Waals surface area contributed by atoms with E-state index in [0.717, 1.165) is 18.5 Å². The largest absolute Gasteiger partial charge is 0.396 e. The van der Waals surface area contributed by atoms with Crippen molar-refractivity contribution >= 4 is 17.9 Å². The monoisotopic (exact) mass is 399 g/mol. The lowest BCUT2D eigenvalue weighted by atomic mass is 9.88. The number of nitrogens with one attached hydrogen (secondary N) is 1. The molecule has 4 rings (SSSR count). The van der Waals surface area contributed by atoms with Gasteiger partial charge < -0.3 is 19.9 Å². The van der Waals surface area contributed by atoms with Crippen LogP contribution >= 0.6 is 0 Å². The van der Waals surface area contributed by atoms with Crippen LogP contribution in [0.25, 0.3) is 6.08 Å². The van der Waals surface area contributed by atoms with Crippen LogP contribution in [0.4, 0.5) is 0 Å². The minimum absolute atomic E-state index is 0.0480. The molecule has 1 saturated carbocycles. The maximum Gasteiger partial charge on any atom is 0.258 e. The Morgan fingerprint density at radius 1 is 1.31 bits per heavy atom. The molecule has 0 radical (unpaired) electrons.